The quantitative estimate of drug-likeness (QED) is 0.579. The zero-order valence-corrected chi connectivity index (χ0v) is 15.4. The minimum Gasteiger partial charge on any atom is -0.454 e. The molecular formula is C16H16F3N5O5. The molecular weight excluding hydrogens is 399 g/mol. The normalized spacial score (nSPS) is 19.3. The highest BCUT2D eigenvalue weighted by Gasteiger charge is 2.61. The number of hydrogen-bond acceptors (Lipinski definition) is 7. The molecule has 3 rings (SSSR count). The Labute approximate surface area is 161 Å². The van der Waals surface area contributed by atoms with Crippen molar-refractivity contribution in [3.05, 3.63) is 56.9 Å². The van der Waals surface area contributed by atoms with E-state index in [4.69, 9.17) is 4.42 Å². The number of aliphatic hydroxyl groups is 1. The number of carbonyl (C=O) groups excluding carboxylic acids is 1. The fraction of sp³-hybridized carbons (Fsp3) is 0.375. The lowest BCUT2D eigenvalue weighted by Crippen LogP contribution is -2.60. The number of rotatable bonds is 4. The van der Waals surface area contributed by atoms with Crippen LogP contribution >= 0.6 is 0 Å². The zero-order chi connectivity index (χ0) is 21.7. The third-order valence-electron chi connectivity index (χ3n) is 4.37. The van der Waals surface area contributed by atoms with Crippen molar-refractivity contribution in [2.75, 3.05) is 0 Å². The van der Waals surface area contributed by atoms with Crippen molar-refractivity contribution in [2.45, 2.75) is 39.2 Å². The molecule has 1 amide bonds. The molecule has 1 unspecified atom stereocenters. The van der Waals surface area contributed by atoms with E-state index >= 15 is 0 Å². The molecule has 0 saturated carbocycles. The van der Waals surface area contributed by atoms with Gasteiger partial charge in [0.25, 0.3) is 5.72 Å². The number of hydrogen-bond donors (Lipinski definition) is 2. The van der Waals surface area contributed by atoms with Crippen LogP contribution in [0, 0.1) is 24.0 Å². The van der Waals surface area contributed by atoms with Gasteiger partial charge in [-0.25, -0.2) is 5.01 Å². The molecule has 0 saturated heterocycles. The van der Waals surface area contributed by atoms with Crippen LogP contribution in [0.5, 0.6) is 0 Å². The lowest BCUT2D eigenvalue weighted by atomic mass is 10.2. The van der Waals surface area contributed by atoms with Gasteiger partial charge in [0.2, 0.25) is 0 Å². The molecule has 0 fully saturated rings. The number of nitro groups is 1. The molecule has 2 aromatic rings. The highest BCUT2D eigenvalue weighted by Crippen LogP contribution is 2.38. The first-order valence-electron chi connectivity index (χ1n) is 8.22. The third kappa shape index (κ3) is 3.33. The average Bonchev–Trinajstić information content (AvgIpc) is 3.24. The Morgan fingerprint density at radius 1 is 1.38 bits per heavy atom. The molecule has 1 aliphatic rings. The number of aryl methyl sites for hydroxylation is 1. The van der Waals surface area contributed by atoms with E-state index in [9.17, 15) is 33.2 Å². The Balaban J connectivity index is 1.85. The van der Waals surface area contributed by atoms with Gasteiger partial charge < -0.3 is 9.52 Å². The second kappa shape index (κ2) is 6.62. The summed E-state index contributed by atoms with van der Waals surface area (Å²) in [4.78, 5) is 23.0. The first kappa shape index (κ1) is 20.4. The molecule has 10 nitrogen and oxygen atoms in total. The van der Waals surface area contributed by atoms with E-state index < -0.39 is 28.5 Å². The van der Waals surface area contributed by atoms with Crippen molar-refractivity contribution >= 4 is 11.6 Å². The Kier molecular flexibility index (Phi) is 4.65. The monoisotopic (exact) mass is 415 g/mol. The summed E-state index contributed by atoms with van der Waals surface area (Å²) in [5.74, 6) is -1.58. The maximum atomic E-state index is 13.3. The zero-order valence-electron chi connectivity index (χ0n) is 15.4. The third-order valence-corrected chi connectivity index (χ3v) is 4.37. The summed E-state index contributed by atoms with van der Waals surface area (Å²) in [6, 6.07) is 2.47. The molecule has 13 heteroatoms. The standard InChI is InChI=1S/C16H16F3N5O5/c1-8-6-15(26,16(17,18)19)23(20-8)14(25)12-5-4-11(29-12)7-22-10(3)13(24(27)28)9(2)21-22/h4-6,20,26H,7H2,1-3H3. The SMILES string of the molecule is CC1=CC(O)(C(F)(F)F)N(C(=O)c2ccc(Cn3nc(C)c([N+](=O)[O-])c3C)o2)N1. The lowest BCUT2D eigenvalue weighted by molar-refractivity contribution is -0.386. The number of amides is 1. The first-order valence-corrected chi connectivity index (χ1v) is 8.22. The van der Waals surface area contributed by atoms with E-state index in [-0.39, 0.29) is 40.1 Å². The van der Waals surface area contributed by atoms with Crippen molar-refractivity contribution in [2.24, 2.45) is 0 Å². The highest BCUT2D eigenvalue weighted by atomic mass is 19.4. The number of carbonyl (C=O) groups is 1. The van der Waals surface area contributed by atoms with Crippen molar-refractivity contribution in [1.29, 1.82) is 0 Å². The molecule has 0 aromatic carbocycles. The molecule has 0 bridgehead atoms. The van der Waals surface area contributed by atoms with Gasteiger partial charge in [-0.2, -0.15) is 18.3 Å². The molecule has 2 N–H and O–H groups in total. The van der Waals surface area contributed by atoms with Crippen LogP contribution in [-0.4, -0.2) is 42.6 Å². The van der Waals surface area contributed by atoms with Crippen LogP contribution in [0.4, 0.5) is 18.9 Å². The van der Waals surface area contributed by atoms with Gasteiger partial charge in [-0.1, -0.05) is 0 Å². The highest BCUT2D eigenvalue weighted by molar-refractivity contribution is 5.92. The Hall–Kier alpha value is -3.35. The topological polar surface area (TPSA) is 127 Å². The van der Waals surface area contributed by atoms with Crippen LogP contribution in [0.3, 0.4) is 0 Å². The van der Waals surface area contributed by atoms with E-state index in [1.807, 2.05) is 0 Å². The summed E-state index contributed by atoms with van der Waals surface area (Å²) in [5.41, 5.74) is -1.16. The van der Waals surface area contributed by atoms with Gasteiger partial charge in [-0.05, 0) is 39.0 Å². The van der Waals surface area contributed by atoms with Crippen molar-refractivity contribution in [1.82, 2.24) is 20.2 Å². The lowest BCUT2D eigenvalue weighted by Gasteiger charge is -2.33. The summed E-state index contributed by atoms with van der Waals surface area (Å²) in [5, 5.41) is 25.1. The fourth-order valence-electron chi connectivity index (χ4n) is 3.02. The Bertz CT molecular complexity index is 1020. The smallest absolute Gasteiger partial charge is 0.442 e. The van der Waals surface area contributed by atoms with Gasteiger partial charge in [-0.15, -0.1) is 0 Å². The number of nitrogens with one attached hydrogen (secondary N) is 1. The number of hydrazine groups is 1. The summed E-state index contributed by atoms with van der Waals surface area (Å²) < 4.78 is 46.4. The van der Waals surface area contributed by atoms with Crippen molar-refractivity contribution < 1.29 is 32.4 Å². The van der Waals surface area contributed by atoms with Gasteiger partial charge in [0.15, 0.2) is 5.76 Å². The van der Waals surface area contributed by atoms with Crippen LogP contribution in [0.2, 0.25) is 0 Å². The van der Waals surface area contributed by atoms with Crippen molar-refractivity contribution in [3.63, 3.8) is 0 Å². The molecule has 0 aliphatic carbocycles. The minimum absolute atomic E-state index is 0.0269. The maximum absolute atomic E-state index is 13.3. The molecule has 0 spiro atoms. The number of allylic oxidation sites excluding steroid dienone is 1. The molecule has 1 atom stereocenters. The predicted molar refractivity (Wildman–Crippen MR) is 90.2 cm³/mol. The predicted octanol–water partition coefficient (Wildman–Crippen LogP) is 2.16. The molecule has 1 aliphatic heterocycles. The number of halogens is 3. The van der Waals surface area contributed by atoms with Gasteiger partial charge in [-0.3, -0.25) is 25.0 Å². The van der Waals surface area contributed by atoms with Gasteiger partial charge >= 0.3 is 17.8 Å². The van der Waals surface area contributed by atoms with E-state index in [1.165, 1.54) is 31.5 Å². The second-order valence-electron chi connectivity index (χ2n) is 6.50. The van der Waals surface area contributed by atoms with Crippen LogP contribution in [-0.2, 0) is 6.54 Å². The van der Waals surface area contributed by atoms with E-state index in [2.05, 4.69) is 10.5 Å². The number of nitrogens with zero attached hydrogens (tertiary/aromatic N) is 4. The molecule has 29 heavy (non-hydrogen) atoms. The molecule has 156 valence electrons. The summed E-state index contributed by atoms with van der Waals surface area (Å²) in [7, 11) is 0. The van der Waals surface area contributed by atoms with E-state index in [0.717, 1.165) is 6.07 Å². The van der Waals surface area contributed by atoms with Gasteiger partial charge in [0.05, 0.1) is 11.5 Å². The summed E-state index contributed by atoms with van der Waals surface area (Å²) >= 11 is 0. The Morgan fingerprint density at radius 2 is 2.03 bits per heavy atom. The number of alkyl halides is 3. The first-order chi connectivity index (χ1) is 13.3. The Morgan fingerprint density at radius 3 is 2.59 bits per heavy atom. The fourth-order valence-corrected chi connectivity index (χ4v) is 3.02. The largest absolute Gasteiger partial charge is 0.454 e. The number of furan rings is 1. The molecule has 3 heterocycles. The summed E-state index contributed by atoms with van der Waals surface area (Å²) in [6.07, 6.45) is -4.67. The summed E-state index contributed by atoms with van der Waals surface area (Å²) in [6.45, 7) is 4.12. The van der Waals surface area contributed by atoms with E-state index in [1.54, 1.807) is 0 Å². The number of aromatic nitrogens is 2. The van der Waals surface area contributed by atoms with Crippen LogP contribution in [0.25, 0.3) is 0 Å². The van der Waals surface area contributed by atoms with Crippen LogP contribution in [0.15, 0.2) is 28.3 Å². The maximum Gasteiger partial charge on any atom is 0.442 e. The van der Waals surface area contributed by atoms with Crippen LogP contribution in [0.1, 0.15) is 34.6 Å². The van der Waals surface area contributed by atoms with Gasteiger partial charge in [0.1, 0.15) is 17.1 Å². The van der Waals surface area contributed by atoms with E-state index in [0.29, 0.717) is 6.08 Å². The molecule has 0 radical (unpaired) electrons. The van der Waals surface area contributed by atoms with Gasteiger partial charge in [0, 0.05) is 5.70 Å². The minimum atomic E-state index is -5.15. The van der Waals surface area contributed by atoms with Crippen LogP contribution < -0.4 is 5.43 Å². The average molecular weight is 415 g/mol. The van der Waals surface area contributed by atoms with Crippen molar-refractivity contribution in [3.8, 4) is 0 Å². The second-order valence-corrected chi connectivity index (χ2v) is 6.50. The molecule has 2 aromatic heterocycles.